The lowest BCUT2D eigenvalue weighted by atomic mass is 10.0. The van der Waals surface area contributed by atoms with Gasteiger partial charge >= 0.3 is 6.03 Å². The fourth-order valence-corrected chi connectivity index (χ4v) is 5.40. The van der Waals surface area contributed by atoms with Gasteiger partial charge in [0.15, 0.2) is 0 Å². The van der Waals surface area contributed by atoms with Gasteiger partial charge in [0.1, 0.15) is 6.17 Å². The van der Waals surface area contributed by atoms with Gasteiger partial charge in [-0.2, -0.15) is 0 Å². The van der Waals surface area contributed by atoms with Crippen LogP contribution in [0.5, 0.6) is 0 Å². The normalized spacial score (nSPS) is 15.1. The van der Waals surface area contributed by atoms with Crippen molar-refractivity contribution in [1.29, 1.82) is 0 Å². The Hall–Kier alpha value is -1.26. The third kappa shape index (κ3) is 17.8. The summed E-state index contributed by atoms with van der Waals surface area (Å²) in [6.45, 7) is 6.21. The third-order valence-electron chi connectivity index (χ3n) is 8.07. The third-order valence-corrected chi connectivity index (χ3v) is 8.07. The van der Waals surface area contributed by atoms with E-state index in [0.717, 1.165) is 45.2 Å². The Balaban J connectivity index is 1.91. The number of amides is 3. The number of nitrogens with one attached hydrogen (secondary N) is 1. The van der Waals surface area contributed by atoms with Crippen LogP contribution >= 0.6 is 0 Å². The Kier molecular flexibility index (Phi) is 21.7. The second-order valence-corrected chi connectivity index (χ2v) is 11.6. The highest BCUT2D eigenvalue weighted by atomic mass is 16.2. The lowest BCUT2D eigenvalue weighted by Gasteiger charge is -2.42. The Bertz CT molecular complexity index is 554. The van der Waals surface area contributed by atoms with Gasteiger partial charge in [-0.25, -0.2) is 4.79 Å². The molecule has 218 valence electrons. The zero-order valence-electron chi connectivity index (χ0n) is 25.2. The Morgan fingerprint density at radius 1 is 0.676 bits per heavy atom. The number of nitrogens with zero attached hydrogens (tertiary/aromatic N) is 2. The van der Waals surface area contributed by atoms with Crippen molar-refractivity contribution in [3.63, 3.8) is 0 Å². The van der Waals surface area contributed by atoms with Gasteiger partial charge in [-0.3, -0.25) is 4.79 Å². The predicted molar refractivity (Wildman–Crippen MR) is 159 cm³/mol. The molecule has 0 spiro atoms. The largest absolute Gasteiger partial charge is 0.346 e. The van der Waals surface area contributed by atoms with Crippen molar-refractivity contribution in [2.24, 2.45) is 0 Å². The SMILES string of the molecule is CCCCCCCCCCCCCCCCCC1NC(=O)N1CCCCCC(=O)N(C)CCCCCC. The molecule has 3 amide bonds. The molecule has 1 rings (SSSR count). The van der Waals surface area contributed by atoms with Gasteiger partial charge in [0, 0.05) is 26.6 Å². The van der Waals surface area contributed by atoms with Gasteiger partial charge < -0.3 is 15.1 Å². The van der Waals surface area contributed by atoms with Gasteiger partial charge in [-0.15, -0.1) is 0 Å². The second kappa shape index (κ2) is 23.8. The van der Waals surface area contributed by atoms with Crippen molar-refractivity contribution in [3.05, 3.63) is 0 Å². The van der Waals surface area contributed by atoms with Crippen LogP contribution < -0.4 is 5.32 Å². The van der Waals surface area contributed by atoms with Crippen molar-refractivity contribution >= 4 is 11.9 Å². The van der Waals surface area contributed by atoms with Crippen molar-refractivity contribution in [3.8, 4) is 0 Å². The second-order valence-electron chi connectivity index (χ2n) is 11.6. The number of unbranched alkanes of at least 4 members (excludes halogenated alkanes) is 19. The predicted octanol–water partition coefficient (Wildman–Crippen LogP) is 9.20. The summed E-state index contributed by atoms with van der Waals surface area (Å²) in [4.78, 5) is 28.1. The summed E-state index contributed by atoms with van der Waals surface area (Å²) in [7, 11) is 1.93. The molecule has 5 nitrogen and oxygen atoms in total. The van der Waals surface area contributed by atoms with E-state index in [-0.39, 0.29) is 18.1 Å². The fraction of sp³-hybridized carbons (Fsp3) is 0.938. The van der Waals surface area contributed by atoms with E-state index in [2.05, 4.69) is 19.2 Å². The molecular weight excluding hydrogens is 458 g/mol. The summed E-state index contributed by atoms with van der Waals surface area (Å²) in [5.41, 5.74) is 0. The molecule has 0 aromatic rings. The van der Waals surface area contributed by atoms with Crippen LogP contribution in [0.3, 0.4) is 0 Å². The maximum absolute atomic E-state index is 12.2. The summed E-state index contributed by atoms with van der Waals surface area (Å²) in [6.07, 6.45) is 30.5. The summed E-state index contributed by atoms with van der Waals surface area (Å²) >= 11 is 0. The van der Waals surface area contributed by atoms with Gasteiger partial charge in [-0.05, 0) is 32.1 Å². The average molecular weight is 522 g/mol. The standard InChI is InChI=1S/C32H63N3O2/c1-4-6-8-10-11-12-13-14-15-16-17-18-19-20-22-26-30-33-32(37)35(30)29-25-21-23-27-31(36)34(3)28-24-9-7-5-2/h30H,4-29H2,1-3H3,(H,33,37). The molecule has 1 aliphatic rings. The van der Waals surface area contributed by atoms with Gasteiger partial charge in [0.25, 0.3) is 0 Å². The quantitative estimate of drug-likeness (QED) is 0.110. The van der Waals surface area contributed by atoms with E-state index in [1.165, 1.54) is 116 Å². The van der Waals surface area contributed by atoms with Crippen molar-refractivity contribution in [1.82, 2.24) is 15.1 Å². The van der Waals surface area contributed by atoms with Gasteiger partial charge in [-0.1, -0.05) is 129 Å². The molecule has 0 aromatic carbocycles. The van der Waals surface area contributed by atoms with E-state index in [1.54, 1.807) is 0 Å². The molecular formula is C32H63N3O2. The molecule has 37 heavy (non-hydrogen) atoms. The molecule has 1 fully saturated rings. The molecule has 1 N–H and O–H groups in total. The Morgan fingerprint density at radius 3 is 1.65 bits per heavy atom. The van der Waals surface area contributed by atoms with Crippen molar-refractivity contribution in [2.75, 3.05) is 20.1 Å². The minimum atomic E-state index is 0.0915. The first-order valence-corrected chi connectivity index (χ1v) is 16.4. The topological polar surface area (TPSA) is 52.7 Å². The van der Waals surface area contributed by atoms with Crippen LogP contribution in [0.15, 0.2) is 0 Å². The first kappa shape index (κ1) is 33.8. The summed E-state index contributed by atoms with van der Waals surface area (Å²) in [5.74, 6) is 0.268. The Labute approximate surface area is 230 Å². The van der Waals surface area contributed by atoms with E-state index in [1.807, 2.05) is 16.8 Å². The van der Waals surface area contributed by atoms with Crippen molar-refractivity contribution < 1.29 is 9.59 Å². The van der Waals surface area contributed by atoms with E-state index >= 15 is 0 Å². The van der Waals surface area contributed by atoms with Gasteiger partial charge in [0.05, 0.1) is 0 Å². The van der Waals surface area contributed by atoms with Crippen LogP contribution in [-0.4, -0.2) is 48.0 Å². The zero-order valence-corrected chi connectivity index (χ0v) is 25.2. The van der Waals surface area contributed by atoms with E-state index < -0.39 is 0 Å². The van der Waals surface area contributed by atoms with Crippen LogP contribution in [-0.2, 0) is 4.79 Å². The number of carbonyl (C=O) groups is 2. The molecule has 5 heteroatoms. The molecule has 1 heterocycles. The number of urea groups is 1. The van der Waals surface area contributed by atoms with Crippen LogP contribution in [0, 0.1) is 0 Å². The molecule has 1 unspecified atom stereocenters. The number of hydrogen-bond donors (Lipinski definition) is 1. The highest BCUT2D eigenvalue weighted by Crippen LogP contribution is 2.19. The number of rotatable bonds is 27. The minimum absolute atomic E-state index is 0.0915. The maximum Gasteiger partial charge on any atom is 0.320 e. The van der Waals surface area contributed by atoms with Gasteiger partial charge in [0.2, 0.25) is 5.91 Å². The molecule has 0 aliphatic carbocycles. The summed E-state index contributed by atoms with van der Waals surface area (Å²) in [6, 6.07) is 0.0915. The van der Waals surface area contributed by atoms with Crippen LogP contribution in [0.1, 0.15) is 168 Å². The molecule has 0 radical (unpaired) electrons. The van der Waals surface area contributed by atoms with E-state index in [9.17, 15) is 9.59 Å². The highest BCUT2D eigenvalue weighted by molar-refractivity contribution is 5.80. The average Bonchev–Trinajstić information content (AvgIpc) is 2.89. The number of carbonyl (C=O) groups excluding carboxylic acids is 2. The first-order valence-electron chi connectivity index (χ1n) is 16.4. The van der Waals surface area contributed by atoms with Crippen LogP contribution in [0.25, 0.3) is 0 Å². The van der Waals surface area contributed by atoms with Crippen LogP contribution in [0.2, 0.25) is 0 Å². The molecule has 1 aliphatic heterocycles. The maximum atomic E-state index is 12.2. The zero-order chi connectivity index (χ0) is 27.0. The van der Waals surface area contributed by atoms with E-state index in [4.69, 9.17) is 0 Å². The monoisotopic (exact) mass is 521 g/mol. The highest BCUT2D eigenvalue weighted by Gasteiger charge is 2.33. The number of hydrogen-bond acceptors (Lipinski definition) is 2. The smallest absolute Gasteiger partial charge is 0.320 e. The lowest BCUT2D eigenvalue weighted by molar-refractivity contribution is -0.130. The fourth-order valence-electron chi connectivity index (χ4n) is 5.40. The van der Waals surface area contributed by atoms with E-state index in [0.29, 0.717) is 6.42 Å². The molecule has 0 saturated carbocycles. The molecule has 0 aromatic heterocycles. The molecule has 0 bridgehead atoms. The summed E-state index contributed by atoms with van der Waals surface area (Å²) in [5, 5.41) is 3.07. The molecule has 1 saturated heterocycles. The summed E-state index contributed by atoms with van der Waals surface area (Å²) < 4.78 is 0. The lowest BCUT2D eigenvalue weighted by Crippen LogP contribution is -2.65. The first-order chi connectivity index (χ1) is 18.1. The Morgan fingerprint density at radius 2 is 1.14 bits per heavy atom. The van der Waals surface area contributed by atoms with Crippen molar-refractivity contribution in [2.45, 2.75) is 174 Å². The van der Waals surface area contributed by atoms with Crippen LogP contribution in [0.4, 0.5) is 4.79 Å². The molecule has 1 atom stereocenters. The minimum Gasteiger partial charge on any atom is -0.346 e.